The Bertz CT molecular complexity index is 799. The number of ether oxygens (including phenoxy) is 1. The normalized spacial score (nSPS) is 35.7. The predicted octanol–water partition coefficient (Wildman–Crippen LogP) is 3.94. The molecule has 3 aliphatic heterocycles. The molecule has 4 aliphatic rings. The summed E-state index contributed by atoms with van der Waals surface area (Å²) < 4.78 is 13.5. The maximum atomic E-state index is 8.14. The number of aromatic amines is 1. The Morgan fingerprint density at radius 3 is 3.17 bits per heavy atom. The Hall–Kier alpha value is -1.48. The highest BCUT2D eigenvalue weighted by Crippen LogP contribution is 2.51. The number of benzene rings is 1. The Morgan fingerprint density at radius 2 is 2.35 bits per heavy atom. The predicted molar refractivity (Wildman–Crippen MR) is 93.2 cm³/mol. The third kappa shape index (κ3) is 1.92. The zero-order chi connectivity index (χ0) is 16.4. The topological polar surface area (TPSA) is 28.3 Å². The first-order valence-corrected chi connectivity index (χ1v) is 9.12. The lowest BCUT2D eigenvalue weighted by Gasteiger charge is -2.53. The molecule has 2 saturated heterocycles. The number of hydrogen-bond acceptors (Lipinski definition) is 2. The Kier molecular flexibility index (Phi) is 2.80. The van der Waals surface area contributed by atoms with E-state index < -0.39 is 0 Å². The molecule has 5 atom stereocenters. The second-order valence-electron chi connectivity index (χ2n) is 7.69. The highest BCUT2D eigenvalue weighted by atomic mass is 16.5. The van der Waals surface area contributed by atoms with Crippen molar-refractivity contribution >= 4 is 10.9 Å². The average Bonchev–Trinajstić information content (AvgIpc) is 2.90. The zero-order valence-corrected chi connectivity index (χ0v) is 14.1. The zero-order valence-electron chi connectivity index (χ0n) is 15.1. The van der Waals surface area contributed by atoms with Crippen molar-refractivity contribution in [2.24, 2.45) is 11.8 Å². The molecular weight excluding hydrogens is 284 g/mol. The minimum Gasteiger partial charge on any atom is -0.497 e. The van der Waals surface area contributed by atoms with Gasteiger partial charge < -0.3 is 9.72 Å². The van der Waals surface area contributed by atoms with Crippen LogP contribution in [0.2, 0.25) is 0 Å². The second-order valence-corrected chi connectivity index (χ2v) is 7.69. The molecule has 1 unspecified atom stereocenters. The molecule has 4 heterocycles. The monoisotopic (exact) mass is 312 g/mol. The second kappa shape index (κ2) is 5.01. The van der Waals surface area contributed by atoms with Gasteiger partial charge in [-0.15, -0.1) is 0 Å². The Balaban J connectivity index is 1.68. The van der Waals surface area contributed by atoms with Crippen LogP contribution in [0.4, 0.5) is 0 Å². The van der Waals surface area contributed by atoms with Crippen molar-refractivity contribution in [2.45, 2.75) is 44.6 Å². The number of nitrogens with zero attached hydrogens (tertiary/aromatic N) is 1. The molecule has 0 radical (unpaired) electrons. The van der Waals surface area contributed by atoms with Gasteiger partial charge in [-0.1, -0.05) is 13.3 Å². The number of hydrogen-bond donors (Lipinski definition) is 1. The summed E-state index contributed by atoms with van der Waals surface area (Å²) in [5.41, 5.74) is 4.07. The third-order valence-corrected chi connectivity index (χ3v) is 6.64. The lowest BCUT2D eigenvalue weighted by Crippen LogP contribution is -2.56. The molecule has 0 spiro atoms. The summed E-state index contributed by atoms with van der Waals surface area (Å²) in [5.74, 6) is 3.04. The van der Waals surface area contributed by atoms with Crippen LogP contribution in [-0.2, 0) is 6.42 Å². The summed E-state index contributed by atoms with van der Waals surface area (Å²) in [6.45, 7) is 4.85. The van der Waals surface area contributed by atoms with Crippen LogP contribution in [0.3, 0.4) is 0 Å². The van der Waals surface area contributed by atoms with E-state index in [0.29, 0.717) is 23.8 Å². The molecular formula is C20H26N2O. The minimum atomic E-state index is 0.472. The highest BCUT2D eigenvalue weighted by Gasteiger charge is 2.48. The first-order chi connectivity index (χ1) is 11.7. The average molecular weight is 312 g/mol. The molecule has 23 heavy (non-hydrogen) atoms. The first kappa shape index (κ1) is 12.9. The fourth-order valence-corrected chi connectivity index (χ4v) is 5.73. The quantitative estimate of drug-likeness (QED) is 0.910. The van der Waals surface area contributed by atoms with Gasteiger partial charge in [0.25, 0.3) is 0 Å². The van der Waals surface area contributed by atoms with Crippen LogP contribution < -0.4 is 4.74 Å². The highest BCUT2D eigenvalue weighted by molar-refractivity contribution is 5.86. The maximum Gasteiger partial charge on any atom is 0.119 e. The van der Waals surface area contributed by atoms with Crippen molar-refractivity contribution in [1.82, 2.24) is 9.88 Å². The summed E-state index contributed by atoms with van der Waals surface area (Å²) in [6.07, 6.45) is 5.18. The standard InChI is InChI=1S/C20H26N2O/c1-3-13-8-12-9-17-19-15(6-7-22(11-12)20(13)17)16-10-14(23-2)4-5-18(16)21-19/h4-5,10,12-13,17,20-21H,3,6-9,11H2,1-2H3/t12-,13+,17+,20+/m1/s1/i4T. The number of fused-ring (bicyclic) bond motifs is 4. The van der Waals surface area contributed by atoms with Crippen LogP contribution in [0.25, 0.3) is 10.9 Å². The van der Waals surface area contributed by atoms with E-state index in [2.05, 4.69) is 22.9 Å². The molecule has 6 rings (SSSR count). The van der Waals surface area contributed by atoms with E-state index in [9.17, 15) is 0 Å². The van der Waals surface area contributed by atoms with Crippen LogP contribution in [0.1, 0.15) is 44.7 Å². The molecule has 3 nitrogen and oxygen atoms in total. The van der Waals surface area contributed by atoms with E-state index in [0.717, 1.165) is 23.8 Å². The van der Waals surface area contributed by atoms with Crippen molar-refractivity contribution in [3.05, 3.63) is 29.4 Å². The van der Waals surface area contributed by atoms with Crippen LogP contribution >= 0.6 is 0 Å². The lowest BCUT2D eigenvalue weighted by atomic mass is 9.65. The minimum absolute atomic E-state index is 0.472. The molecule has 3 heteroatoms. The van der Waals surface area contributed by atoms with Crippen LogP contribution in [0, 0.1) is 11.8 Å². The molecule has 122 valence electrons. The van der Waals surface area contributed by atoms with Gasteiger partial charge in [0.1, 0.15) is 5.75 Å². The van der Waals surface area contributed by atoms with Crippen LogP contribution in [0.5, 0.6) is 5.75 Å². The molecule has 1 saturated carbocycles. The Morgan fingerprint density at radius 1 is 1.43 bits per heavy atom. The van der Waals surface area contributed by atoms with Crippen molar-refractivity contribution in [2.75, 3.05) is 20.2 Å². The number of nitrogens with one attached hydrogen (secondary N) is 1. The van der Waals surface area contributed by atoms with Gasteiger partial charge in [0, 0.05) is 41.6 Å². The number of piperidine rings is 2. The summed E-state index contributed by atoms with van der Waals surface area (Å²) in [7, 11) is 1.66. The lowest BCUT2D eigenvalue weighted by molar-refractivity contribution is -0.0134. The third-order valence-electron chi connectivity index (χ3n) is 6.64. The molecule has 2 aromatic rings. The summed E-state index contributed by atoms with van der Waals surface area (Å²) in [6, 6.07) is 5.21. The molecule has 1 aromatic heterocycles. The van der Waals surface area contributed by atoms with Gasteiger partial charge in [-0.25, -0.2) is 0 Å². The van der Waals surface area contributed by atoms with E-state index in [1.54, 1.807) is 7.11 Å². The fourth-order valence-electron chi connectivity index (χ4n) is 5.73. The molecule has 4 bridgehead atoms. The van der Waals surface area contributed by atoms with Crippen LogP contribution in [-0.4, -0.2) is 36.1 Å². The van der Waals surface area contributed by atoms with Gasteiger partial charge in [-0.3, -0.25) is 4.90 Å². The van der Waals surface area contributed by atoms with Crippen molar-refractivity contribution in [1.29, 1.82) is 0 Å². The van der Waals surface area contributed by atoms with Crippen molar-refractivity contribution in [3.63, 3.8) is 0 Å². The van der Waals surface area contributed by atoms with E-state index in [1.165, 1.54) is 49.0 Å². The number of aromatic nitrogens is 1. The SMILES string of the molecule is [3H]c1cc2[nH]c3c(c2cc1OC)CCN1C[C@@H]2C[C@H](CC)[C@H]1[C@H]3C2. The van der Waals surface area contributed by atoms with Crippen LogP contribution in [0.15, 0.2) is 18.2 Å². The Labute approximate surface area is 139 Å². The summed E-state index contributed by atoms with van der Waals surface area (Å²) in [5, 5.41) is 1.27. The van der Waals surface area contributed by atoms with E-state index in [-0.39, 0.29) is 0 Å². The first-order valence-electron chi connectivity index (χ1n) is 9.62. The fraction of sp³-hybridized carbons (Fsp3) is 0.600. The van der Waals surface area contributed by atoms with Gasteiger partial charge in [0.15, 0.2) is 0 Å². The summed E-state index contributed by atoms with van der Waals surface area (Å²) >= 11 is 0. The van der Waals surface area contributed by atoms with Crippen molar-refractivity contribution < 1.29 is 6.11 Å². The van der Waals surface area contributed by atoms with E-state index in [4.69, 9.17) is 6.11 Å². The number of H-pyrrole nitrogens is 1. The molecule has 0 amide bonds. The maximum absolute atomic E-state index is 8.14. The van der Waals surface area contributed by atoms with Gasteiger partial charge in [-0.05, 0) is 54.8 Å². The number of methoxy groups -OCH3 is 1. The molecule has 1 aromatic carbocycles. The van der Waals surface area contributed by atoms with Gasteiger partial charge in [0.2, 0.25) is 0 Å². The molecule has 3 fully saturated rings. The largest absolute Gasteiger partial charge is 0.497 e. The smallest absolute Gasteiger partial charge is 0.119 e. The molecule has 1 N–H and O–H groups in total. The molecule has 1 aliphatic carbocycles. The van der Waals surface area contributed by atoms with Gasteiger partial charge in [-0.2, -0.15) is 0 Å². The van der Waals surface area contributed by atoms with Crippen molar-refractivity contribution in [3.8, 4) is 5.75 Å². The number of rotatable bonds is 2. The van der Waals surface area contributed by atoms with Gasteiger partial charge in [0.05, 0.1) is 8.48 Å². The van der Waals surface area contributed by atoms with Gasteiger partial charge >= 0.3 is 0 Å². The summed E-state index contributed by atoms with van der Waals surface area (Å²) in [4.78, 5) is 6.51. The van der Waals surface area contributed by atoms with E-state index in [1.807, 2.05) is 6.07 Å². The van der Waals surface area contributed by atoms with E-state index >= 15 is 0 Å².